The summed E-state index contributed by atoms with van der Waals surface area (Å²) in [5.74, 6) is 1.62. The van der Waals surface area contributed by atoms with E-state index in [9.17, 15) is 4.79 Å². The maximum Gasteiger partial charge on any atom is 0.134 e. The highest BCUT2D eigenvalue weighted by atomic mass is 32.2. The second-order valence-electron chi connectivity index (χ2n) is 3.81. The Bertz CT molecular complexity index is 518. The SMILES string of the molecule is COOSc1ccc(-c2ccc(CCC=O)o2)cc1. The number of benzene rings is 1. The van der Waals surface area contributed by atoms with Crippen LogP contribution in [0.4, 0.5) is 0 Å². The van der Waals surface area contributed by atoms with E-state index in [-0.39, 0.29) is 0 Å². The minimum atomic E-state index is 0.483. The maximum absolute atomic E-state index is 10.3. The first-order chi connectivity index (χ1) is 9.33. The van der Waals surface area contributed by atoms with Gasteiger partial charge in [0.05, 0.1) is 19.2 Å². The second-order valence-corrected chi connectivity index (χ2v) is 4.59. The van der Waals surface area contributed by atoms with Crippen molar-refractivity contribution in [1.29, 1.82) is 0 Å². The topological polar surface area (TPSA) is 48.7 Å². The predicted octanol–water partition coefficient (Wildman–Crippen LogP) is 3.66. The first-order valence-electron chi connectivity index (χ1n) is 5.83. The molecule has 0 radical (unpaired) electrons. The largest absolute Gasteiger partial charge is 0.461 e. The van der Waals surface area contributed by atoms with Crippen molar-refractivity contribution in [3.05, 3.63) is 42.2 Å². The number of aryl methyl sites for hydroxylation is 1. The van der Waals surface area contributed by atoms with E-state index in [1.807, 2.05) is 36.4 Å². The summed E-state index contributed by atoms with van der Waals surface area (Å²) in [6, 6.07) is 11.6. The molecular weight excluding hydrogens is 264 g/mol. The van der Waals surface area contributed by atoms with Gasteiger partial charge in [0.1, 0.15) is 17.8 Å². The van der Waals surface area contributed by atoms with Gasteiger partial charge in [-0.3, -0.25) is 0 Å². The third-order valence-electron chi connectivity index (χ3n) is 2.51. The van der Waals surface area contributed by atoms with E-state index >= 15 is 0 Å². The van der Waals surface area contributed by atoms with E-state index in [1.165, 1.54) is 7.11 Å². The summed E-state index contributed by atoms with van der Waals surface area (Å²) in [5.41, 5.74) is 0.985. The van der Waals surface area contributed by atoms with E-state index in [4.69, 9.17) is 8.75 Å². The summed E-state index contributed by atoms with van der Waals surface area (Å²) in [6.07, 6.45) is 2.01. The van der Waals surface area contributed by atoms with Gasteiger partial charge in [-0.25, -0.2) is 4.89 Å². The van der Waals surface area contributed by atoms with Crippen LogP contribution in [0, 0.1) is 0 Å². The Hall–Kier alpha value is -1.56. The molecule has 0 spiro atoms. The van der Waals surface area contributed by atoms with Gasteiger partial charge in [-0.15, -0.1) is 0 Å². The fourth-order valence-corrected chi connectivity index (χ4v) is 2.01. The Labute approximate surface area is 115 Å². The Morgan fingerprint density at radius 1 is 1.21 bits per heavy atom. The summed E-state index contributed by atoms with van der Waals surface area (Å²) in [6.45, 7) is 0. The Morgan fingerprint density at radius 3 is 2.68 bits per heavy atom. The number of hydrogen-bond acceptors (Lipinski definition) is 5. The summed E-state index contributed by atoms with van der Waals surface area (Å²) in [4.78, 5) is 15.8. The van der Waals surface area contributed by atoms with Gasteiger partial charge in [-0.1, -0.05) is 12.1 Å². The van der Waals surface area contributed by atoms with Crippen molar-refractivity contribution in [3.63, 3.8) is 0 Å². The molecule has 2 rings (SSSR count). The highest BCUT2D eigenvalue weighted by Gasteiger charge is 2.05. The van der Waals surface area contributed by atoms with E-state index < -0.39 is 0 Å². The average molecular weight is 278 g/mol. The standard InChI is InChI=1S/C14H14O4S/c1-16-18-19-13-7-4-11(5-8-13)14-9-6-12(17-14)3-2-10-15/h4-10H,2-3H2,1H3. The van der Waals surface area contributed by atoms with Crippen molar-refractivity contribution in [3.8, 4) is 11.3 Å². The van der Waals surface area contributed by atoms with Crippen LogP contribution in [0.5, 0.6) is 0 Å². The lowest BCUT2D eigenvalue weighted by Crippen LogP contribution is -1.81. The zero-order chi connectivity index (χ0) is 13.5. The van der Waals surface area contributed by atoms with Crippen molar-refractivity contribution >= 4 is 18.3 Å². The molecular formula is C14H14O4S. The molecule has 1 aromatic heterocycles. The molecule has 0 amide bonds. The van der Waals surface area contributed by atoms with Gasteiger partial charge in [0.25, 0.3) is 0 Å². The van der Waals surface area contributed by atoms with Crippen LogP contribution in [-0.2, 0) is 20.4 Å². The number of furan rings is 1. The zero-order valence-electron chi connectivity index (χ0n) is 10.5. The number of carbonyl (C=O) groups is 1. The molecule has 0 aliphatic rings. The lowest BCUT2D eigenvalue weighted by molar-refractivity contribution is -0.160. The quantitative estimate of drug-likeness (QED) is 0.335. The van der Waals surface area contributed by atoms with Crippen LogP contribution in [-0.4, -0.2) is 13.4 Å². The third-order valence-corrected chi connectivity index (χ3v) is 3.18. The molecule has 0 unspecified atom stereocenters. The molecule has 100 valence electrons. The lowest BCUT2D eigenvalue weighted by atomic mass is 10.2. The molecule has 19 heavy (non-hydrogen) atoms. The molecule has 4 nitrogen and oxygen atoms in total. The predicted molar refractivity (Wildman–Crippen MR) is 72.5 cm³/mol. The monoisotopic (exact) mass is 278 g/mol. The molecule has 0 saturated carbocycles. The molecule has 0 bridgehead atoms. The van der Waals surface area contributed by atoms with Crippen LogP contribution in [0.25, 0.3) is 11.3 Å². The van der Waals surface area contributed by atoms with Gasteiger partial charge in [0, 0.05) is 23.3 Å². The van der Waals surface area contributed by atoms with Crippen LogP contribution in [0.1, 0.15) is 12.2 Å². The molecule has 0 aliphatic heterocycles. The van der Waals surface area contributed by atoms with E-state index in [2.05, 4.69) is 4.89 Å². The molecule has 1 aromatic carbocycles. The molecule has 0 aliphatic carbocycles. The van der Waals surface area contributed by atoms with Crippen molar-refractivity contribution in [1.82, 2.24) is 0 Å². The first kappa shape index (κ1) is 13.9. The van der Waals surface area contributed by atoms with Crippen molar-refractivity contribution in [2.75, 3.05) is 7.11 Å². The molecule has 5 heteroatoms. The fraction of sp³-hybridized carbons (Fsp3) is 0.214. The molecule has 0 atom stereocenters. The highest BCUT2D eigenvalue weighted by molar-refractivity contribution is 7.94. The second kappa shape index (κ2) is 7.13. The highest BCUT2D eigenvalue weighted by Crippen LogP contribution is 2.26. The van der Waals surface area contributed by atoms with Gasteiger partial charge in [0.15, 0.2) is 0 Å². The Balaban J connectivity index is 2.04. The van der Waals surface area contributed by atoms with Crippen LogP contribution in [0.2, 0.25) is 0 Å². The van der Waals surface area contributed by atoms with Gasteiger partial charge in [-0.2, -0.15) is 4.33 Å². The minimum Gasteiger partial charge on any atom is -0.461 e. The van der Waals surface area contributed by atoms with E-state index in [0.717, 1.165) is 40.3 Å². The zero-order valence-corrected chi connectivity index (χ0v) is 11.3. The van der Waals surface area contributed by atoms with Crippen molar-refractivity contribution in [2.24, 2.45) is 0 Å². The van der Waals surface area contributed by atoms with Crippen molar-refractivity contribution in [2.45, 2.75) is 17.7 Å². The summed E-state index contributed by atoms with van der Waals surface area (Å²) < 4.78 is 10.4. The Morgan fingerprint density at radius 2 is 2.00 bits per heavy atom. The maximum atomic E-state index is 10.3. The number of aldehydes is 1. The number of rotatable bonds is 7. The molecule has 0 N–H and O–H groups in total. The van der Waals surface area contributed by atoms with Crippen LogP contribution >= 0.6 is 12.0 Å². The third kappa shape index (κ3) is 3.96. The van der Waals surface area contributed by atoms with Gasteiger partial charge >= 0.3 is 0 Å². The molecule has 0 fully saturated rings. The fourth-order valence-electron chi connectivity index (χ4n) is 1.62. The van der Waals surface area contributed by atoms with Gasteiger partial charge in [0.2, 0.25) is 0 Å². The molecule has 0 saturated heterocycles. The van der Waals surface area contributed by atoms with Gasteiger partial charge in [-0.05, 0) is 24.3 Å². The summed E-state index contributed by atoms with van der Waals surface area (Å²) in [7, 11) is 1.46. The first-order valence-corrected chi connectivity index (χ1v) is 6.58. The summed E-state index contributed by atoms with van der Waals surface area (Å²) >= 11 is 1.15. The average Bonchev–Trinajstić information content (AvgIpc) is 2.92. The molecule has 1 heterocycles. The normalized spacial score (nSPS) is 10.6. The van der Waals surface area contributed by atoms with Gasteiger partial charge < -0.3 is 9.21 Å². The van der Waals surface area contributed by atoms with Crippen molar-refractivity contribution < 1.29 is 18.4 Å². The summed E-state index contributed by atoms with van der Waals surface area (Å²) in [5, 5.41) is 0. The minimum absolute atomic E-state index is 0.483. The van der Waals surface area contributed by atoms with Crippen LogP contribution < -0.4 is 0 Å². The number of carbonyl (C=O) groups excluding carboxylic acids is 1. The van der Waals surface area contributed by atoms with Crippen LogP contribution in [0.3, 0.4) is 0 Å². The van der Waals surface area contributed by atoms with E-state index in [1.54, 1.807) is 0 Å². The number of hydrogen-bond donors (Lipinski definition) is 0. The smallest absolute Gasteiger partial charge is 0.134 e. The van der Waals surface area contributed by atoms with E-state index in [0.29, 0.717) is 12.8 Å². The lowest BCUT2D eigenvalue weighted by Gasteiger charge is -2.00. The molecule has 2 aromatic rings. The Kier molecular flexibility index (Phi) is 5.20. The van der Waals surface area contributed by atoms with Crippen LogP contribution in [0.15, 0.2) is 45.7 Å².